The minimum absolute atomic E-state index is 0.0834. The molecule has 2 aromatic rings. The molecule has 0 atom stereocenters. The zero-order valence-electron chi connectivity index (χ0n) is 12.8. The summed E-state index contributed by atoms with van der Waals surface area (Å²) in [5.74, 6) is -0.0834. The fraction of sp³-hybridized carbons (Fsp3) is 0.533. The van der Waals surface area contributed by atoms with Gasteiger partial charge in [-0.3, -0.25) is 9.48 Å². The third kappa shape index (κ3) is 4.14. The summed E-state index contributed by atoms with van der Waals surface area (Å²) in [6.07, 6.45) is 4.91. The number of hydrogen-bond acceptors (Lipinski definition) is 4. The molecule has 2 heterocycles. The number of amides is 1. The Bertz CT molecular complexity index is 603. The van der Waals surface area contributed by atoms with Gasteiger partial charge in [0.2, 0.25) is 0 Å². The van der Waals surface area contributed by atoms with Gasteiger partial charge < -0.3 is 5.32 Å². The van der Waals surface area contributed by atoms with Gasteiger partial charge in [0.05, 0.1) is 28.5 Å². The maximum atomic E-state index is 12.2. The van der Waals surface area contributed by atoms with Crippen LogP contribution in [0.2, 0.25) is 0 Å². The van der Waals surface area contributed by atoms with Crippen molar-refractivity contribution in [1.29, 1.82) is 0 Å². The number of hydrogen-bond donors (Lipinski definition) is 1. The van der Waals surface area contributed by atoms with E-state index in [2.05, 4.69) is 29.2 Å². The molecule has 0 fully saturated rings. The van der Waals surface area contributed by atoms with Crippen molar-refractivity contribution in [3.05, 3.63) is 33.5 Å². The van der Waals surface area contributed by atoms with E-state index in [0.717, 1.165) is 42.2 Å². The van der Waals surface area contributed by atoms with Crippen LogP contribution < -0.4 is 5.32 Å². The molecular formula is C15H22N4OS. The van der Waals surface area contributed by atoms with Gasteiger partial charge in [-0.25, -0.2) is 4.98 Å². The van der Waals surface area contributed by atoms with E-state index in [1.54, 1.807) is 11.3 Å². The first-order valence-electron chi connectivity index (χ1n) is 7.39. The Morgan fingerprint density at radius 2 is 2.19 bits per heavy atom. The average Bonchev–Trinajstić information content (AvgIpc) is 3.04. The molecule has 5 nitrogen and oxygen atoms in total. The van der Waals surface area contributed by atoms with Crippen molar-refractivity contribution in [3.63, 3.8) is 0 Å². The third-order valence-electron chi connectivity index (χ3n) is 3.14. The van der Waals surface area contributed by atoms with E-state index >= 15 is 0 Å². The lowest BCUT2D eigenvalue weighted by Gasteiger charge is -2.01. The zero-order valence-corrected chi connectivity index (χ0v) is 13.7. The van der Waals surface area contributed by atoms with Crippen LogP contribution in [0, 0.1) is 6.92 Å². The number of carbonyl (C=O) groups excluding carboxylic acids is 1. The molecule has 2 rings (SSSR count). The van der Waals surface area contributed by atoms with Crippen molar-refractivity contribution in [2.24, 2.45) is 0 Å². The van der Waals surface area contributed by atoms with Gasteiger partial charge in [-0.15, -0.1) is 11.3 Å². The Balaban J connectivity index is 1.94. The molecule has 0 saturated heterocycles. The standard InChI is InChI=1S/C15H22N4OS/c1-4-6-14-17-12(10-21-14)8-16-15(20)13-9-19(7-5-2)18-11(13)3/h9-10H,4-8H2,1-3H3,(H,16,20). The highest BCUT2D eigenvalue weighted by atomic mass is 32.1. The van der Waals surface area contributed by atoms with Crippen LogP contribution in [0.25, 0.3) is 0 Å². The molecule has 0 bridgehead atoms. The molecule has 0 radical (unpaired) electrons. The molecule has 0 spiro atoms. The van der Waals surface area contributed by atoms with Crippen molar-refractivity contribution < 1.29 is 4.79 Å². The predicted octanol–water partition coefficient (Wildman–Crippen LogP) is 2.94. The van der Waals surface area contributed by atoms with Gasteiger partial charge in [-0.2, -0.15) is 5.10 Å². The van der Waals surface area contributed by atoms with E-state index in [1.807, 2.05) is 23.2 Å². The van der Waals surface area contributed by atoms with Crippen LogP contribution in [0.15, 0.2) is 11.6 Å². The first-order valence-corrected chi connectivity index (χ1v) is 8.27. The van der Waals surface area contributed by atoms with E-state index in [1.165, 1.54) is 0 Å². The number of aromatic nitrogens is 3. The molecule has 21 heavy (non-hydrogen) atoms. The second kappa shape index (κ2) is 7.36. The first kappa shape index (κ1) is 15.7. The summed E-state index contributed by atoms with van der Waals surface area (Å²) >= 11 is 1.66. The van der Waals surface area contributed by atoms with E-state index < -0.39 is 0 Å². The Morgan fingerprint density at radius 3 is 2.90 bits per heavy atom. The molecule has 0 aliphatic heterocycles. The van der Waals surface area contributed by atoms with Gasteiger partial charge in [0.1, 0.15) is 0 Å². The Hall–Kier alpha value is -1.69. The lowest BCUT2D eigenvalue weighted by atomic mass is 10.2. The molecule has 1 N–H and O–H groups in total. The van der Waals surface area contributed by atoms with Crippen molar-refractivity contribution >= 4 is 17.2 Å². The SMILES string of the molecule is CCCc1nc(CNC(=O)c2cn(CCC)nc2C)cs1. The summed E-state index contributed by atoms with van der Waals surface area (Å²) in [5.41, 5.74) is 2.34. The van der Waals surface area contributed by atoms with Gasteiger partial charge in [-0.05, 0) is 26.2 Å². The maximum absolute atomic E-state index is 12.2. The Labute approximate surface area is 129 Å². The van der Waals surface area contributed by atoms with Crippen molar-refractivity contribution in [1.82, 2.24) is 20.1 Å². The van der Waals surface area contributed by atoms with Crippen molar-refractivity contribution in [2.75, 3.05) is 0 Å². The van der Waals surface area contributed by atoms with E-state index in [0.29, 0.717) is 12.1 Å². The number of nitrogens with one attached hydrogen (secondary N) is 1. The van der Waals surface area contributed by atoms with Crippen LogP contribution in [0.4, 0.5) is 0 Å². The second-order valence-corrected chi connectivity index (χ2v) is 6.00. The van der Waals surface area contributed by atoms with Crippen LogP contribution in [-0.2, 0) is 19.5 Å². The molecule has 0 aliphatic rings. The summed E-state index contributed by atoms with van der Waals surface area (Å²) in [7, 11) is 0. The lowest BCUT2D eigenvalue weighted by molar-refractivity contribution is 0.0949. The molecule has 0 aliphatic carbocycles. The van der Waals surface area contributed by atoms with E-state index in [9.17, 15) is 4.79 Å². The van der Waals surface area contributed by atoms with Crippen LogP contribution in [0.5, 0.6) is 0 Å². The second-order valence-electron chi connectivity index (χ2n) is 5.06. The van der Waals surface area contributed by atoms with Crippen LogP contribution in [-0.4, -0.2) is 20.7 Å². The topological polar surface area (TPSA) is 59.8 Å². The van der Waals surface area contributed by atoms with Crippen LogP contribution in [0.1, 0.15) is 53.4 Å². The van der Waals surface area contributed by atoms with Crippen LogP contribution >= 0.6 is 11.3 Å². The maximum Gasteiger partial charge on any atom is 0.255 e. The Morgan fingerprint density at radius 1 is 1.38 bits per heavy atom. The summed E-state index contributed by atoms with van der Waals surface area (Å²) in [5, 5.41) is 10.4. The van der Waals surface area contributed by atoms with Gasteiger partial charge in [0, 0.05) is 18.1 Å². The van der Waals surface area contributed by atoms with E-state index in [4.69, 9.17) is 0 Å². The van der Waals surface area contributed by atoms with Crippen molar-refractivity contribution in [3.8, 4) is 0 Å². The minimum Gasteiger partial charge on any atom is -0.346 e. The molecule has 1 amide bonds. The minimum atomic E-state index is -0.0834. The first-order chi connectivity index (χ1) is 10.1. The third-order valence-corrected chi connectivity index (χ3v) is 4.09. The highest BCUT2D eigenvalue weighted by Crippen LogP contribution is 2.12. The molecule has 0 saturated carbocycles. The fourth-order valence-electron chi connectivity index (χ4n) is 2.11. The van der Waals surface area contributed by atoms with Crippen molar-refractivity contribution in [2.45, 2.75) is 53.1 Å². The van der Waals surface area contributed by atoms with Gasteiger partial charge in [-0.1, -0.05) is 13.8 Å². The lowest BCUT2D eigenvalue weighted by Crippen LogP contribution is -2.23. The number of aryl methyl sites for hydroxylation is 3. The molecule has 0 aromatic carbocycles. The average molecular weight is 306 g/mol. The van der Waals surface area contributed by atoms with Gasteiger partial charge in [0.25, 0.3) is 5.91 Å². The highest BCUT2D eigenvalue weighted by Gasteiger charge is 2.13. The summed E-state index contributed by atoms with van der Waals surface area (Å²) < 4.78 is 1.83. The molecule has 2 aromatic heterocycles. The van der Waals surface area contributed by atoms with Gasteiger partial charge in [0.15, 0.2) is 0 Å². The molecule has 0 unspecified atom stereocenters. The summed E-state index contributed by atoms with van der Waals surface area (Å²) in [6.45, 7) is 7.40. The smallest absolute Gasteiger partial charge is 0.255 e. The van der Waals surface area contributed by atoms with Gasteiger partial charge >= 0.3 is 0 Å². The van der Waals surface area contributed by atoms with Crippen LogP contribution in [0.3, 0.4) is 0 Å². The molecule has 6 heteroatoms. The highest BCUT2D eigenvalue weighted by molar-refractivity contribution is 7.09. The monoisotopic (exact) mass is 306 g/mol. The number of thiazole rings is 1. The normalized spacial score (nSPS) is 10.8. The number of nitrogens with zero attached hydrogens (tertiary/aromatic N) is 3. The quantitative estimate of drug-likeness (QED) is 0.855. The number of rotatable bonds is 7. The largest absolute Gasteiger partial charge is 0.346 e. The summed E-state index contributed by atoms with van der Waals surface area (Å²) in [6, 6.07) is 0. The molecule has 114 valence electrons. The summed E-state index contributed by atoms with van der Waals surface area (Å²) in [4.78, 5) is 16.7. The fourth-order valence-corrected chi connectivity index (χ4v) is 3.01. The predicted molar refractivity (Wildman–Crippen MR) is 84.5 cm³/mol. The molecular weight excluding hydrogens is 284 g/mol. The zero-order chi connectivity index (χ0) is 15.2. The number of carbonyl (C=O) groups is 1. The van der Waals surface area contributed by atoms with E-state index in [-0.39, 0.29) is 5.91 Å². The Kier molecular flexibility index (Phi) is 5.50.